The summed E-state index contributed by atoms with van der Waals surface area (Å²) in [4.78, 5) is 0. The van der Waals surface area contributed by atoms with E-state index in [1.165, 1.54) is 0 Å². The van der Waals surface area contributed by atoms with Crippen LogP contribution in [0.3, 0.4) is 0 Å². The van der Waals surface area contributed by atoms with E-state index >= 15 is 0 Å². The zero-order chi connectivity index (χ0) is 23.2. The van der Waals surface area contributed by atoms with Gasteiger partial charge in [0.1, 0.15) is 12.4 Å². The van der Waals surface area contributed by atoms with Crippen molar-refractivity contribution in [1.29, 1.82) is 0 Å². The standard InChI is InChI=1S/C21H20ClF7O2/c1-2-3-4-5-13-6-8-17(15(22)10-13)30-12-14-7-9-18(16(23)11-14)31-21(28,29)19(24)20(25,26)27/h6-11,19H,2-5,12H2,1H3. The van der Waals surface area contributed by atoms with E-state index in [1.54, 1.807) is 12.1 Å². The number of ether oxygens (including phenoxy) is 2. The summed E-state index contributed by atoms with van der Waals surface area (Å²) in [5.74, 6) is -2.30. The fourth-order valence-corrected chi connectivity index (χ4v) is 2.92. The number of halogens is 8. The Morgan fingerprint density at radius 3 is 2.16 bits per heavy atom. The molecule has 0 bridgehead atoms. The van der Waals surface area contributed by atoms with E-state index in [0.717, 1.165) is 43.4 Å². The van der Waals surface area contributed by atoms with E-state index in [2.05, 4.69) is 11.7 Å². The van der Waals surface area contributed by atoms with Crippen molar-refractivity contribution >= 4 is 11.6 Å². The average Bonchev–Trinajstić information content (AvgIpc) is 2.68. The number of unbranched alkanes of at least 4 members (excludes halogenated alkanes) is 2. The van der Waals surface area contributed by atoms with Crippen LogP contribution in [0.25, 0.3) is 0 Å². The summed E-state index contributed by atoms with van der Waals surface area (Å²) in [7, 11) is 0. The van der Waals surface area contributed by atoms with Crippen molar-refractivity contribution in [3.8, 4) is 11.5 Å². The Hall–Kier alpha value is -2.16. The van der Waals surface area contributed by atoms with Crippen molar-refractivity contribution in [3.05, 3.63) is 58.4 Å². The van der Waals surface area contributed by atoms with Gasteiger partial charge in [-0.3, -0.25) is 0 Å². The third-order valence-electron chi connectivity index (χ3n) is 4.28. The third kappa shape index (κ3) is 7.19. The van der Waals surface area contributed by atoms with Gasteiger partial charge in [0.15, 0.2) is 11.6 Å². The molecule has 0 fully saturated rings. The largest absolute Gasteiger partial charge is 0.487 e. The first-order chi connectivity index (χ1) is 14.4. The van der Waals surface area contributed by atoms with Crippen LogP contribution in [0.5, 0.6) is 11.5 Å². The Balaban J connectivity index is 2.01. The number of benzene rings is 2. The number of hydrogen-bond acceptors (Lipinski definition) is 2. The van der Waals surface area contributed by atoms with Gasteiger partial charge in [0, 0.05) is 0 Å². The molecular weight excluding hydrogens is 453 g/mol. The van der Waals surface area contributed by atoms with Gasteiger partial charge in [-0.15, -0.1) is 0 Å². The van der Waals surface area contributed by atoms with Crippen molar-refractivity contribution in [2.45, 2.75) is 57.7 Å². The second-order valence-electron chi connectivity index (χ2n) is 6.84. The van der Waals surface area contributed by atoms with Crippen LogP contribution in [-0.2, 0) is 13.0 Å². The molecule has 31 heavy (non-hydrogen) atoms. The lowest BCUT2D eigenvalue weighted by Gasteiger charge is -2.23. The van der Waals surface area contributed by atoms with Gasteiger partial charge in [0.05, 0.1) is 5.02 Å². The van der Waals surface area contributed by atoms with Crippen molar-refractivity contribution in [1.82, 2.24) is 0 Å². The van der Waals surface area contributed by atoms with Crippen LogP contribution in [0.1, 0.15) is 37.3 Å². The zero-order valence-electron chi connectivity index (χ0n) is 16.4. The highest BCUT2D eigenvalue weighted by Gasteiger charge is 2.59. The van der Waals surface area contributed by atoms with E-state index in [1.807, 2.05) is 6.07 Å². The van der Waals surface area contributed by atoms with Gasteiger partial charge in [-0.2, -0.15) is 22.0 Å². The maximum atomic E-state index is 14.0. The minimum absolute atomic E-state index is 0.170. The minimum Gasteiger partial charge on any atom is -0.487 e. The van der Waals surface area contributed by atoms with Gasteiger partial charge in [-0.1, -0.05) is 43.5 Å². The van der Waals surface area contributed by atoms with Crippen LogP contribution in [0.15, 0.2) is 36.4 Å². The summed E-state index contributed by atoms with van der Waals surface area (Å²) >= 11 is 6.17. The van der Waals surface area contributed by atoms with E-state index in [4.69, 9.17) is 16.3 Å². The quantitative estimate of drug-likeness (QED) is 0.261. The molecule has 2 aromatic carbocycles. The average molecular weight is 473 g/mol. The van der Waals surface area contributed by atoms with Gasteiger partial charge in [0.2, 0.25) is 0 Å². The molecule has 0 amide bonds. The normalized spacial score (nSPS) is 13.2. The summed E-state index contributed by atoms with van der Waals surface area (Å²) < 4.78 is 99.1. The van der Waals surface area contributed by atoms with Crippen molar-refractivity contribution in [2.75, 3.05) is 0 Å². The monoisotopic (exact) mass is 472 g/mol. The Bertz CT molecular complexity index is 871. The van der Waals surface area contributed by atoms with E-state index in [0.29, 0.717) is 16.8 Å². The number of hydrogen-bond donors (Lipinski definition) is 0. The minimum atomic E-state index is -5.86. The Labute approximate surface area is 179 Å². The molecule has 1 unspecified atom stereocenters. The molecule has 0 aliphatic heterocycles. The second kappa shape index (κ2) is 10.4. The van der Waals surface area contributed by atoms with Crippen molar-refractivity contribution < 1.29 is 40.2 Å². The van der Waals surface area contributed by atoms with Crippen molar-refractivity contribution in [3.63, 3.8) is 0 Å². The molecule has 0 spiro atoms. The molecule has 0 N–H and O–H groups in total. The van der Waals surface area contributed by atoms with Crippen LogP contribution in [0.2, 0.25) is 5.02 Å². The molecule has 10 heteroatoms. The summed E-state index contributed by atoms with van der Waals surface area (Å²) in [5.41, 5.74) is 1.20. The van der Waals surface area contributed by atoms with Crippen LogP contribution >= 0.6 is 11.6 Å². The van der Waals surface area contributed by atoms with Crippen LogP contribution in [-0.4, -0.2) is 18.5 Å². The first-order valence-electron chi connectivity index (χ1n) is 9.41. The summed E-state index contributed by atoms with van der Waals surface area (Å²) in [6.45, 7) is 1.90. The van der Waals surface area contributed by atoms with Gasteiger partial charge in [-0.25, -0.2) is 8.78 Å². The molecule has 2 aromatic rings. The van der Waals surface area contributed by atoms with Crippen LogP contribution in [0, 0.1) is 5.82 Å². The van der Waals surface area contributed by atoms with Gasteiger partial charge in [-0.05, 0) is 48.2 Å². The lowest BCUT2D eigenvalue weighted by molar-refractivity contribution is -0.305. The lowest BCUT2D eigenvalue weighted by atomic mass is 10.1. The molecule has 1 atom stereocenters. The molecule has 0 radical (unpaired) electrons. The summed E-state index contributed by atoms with van der Waals surface area (Å²) in [6.07, 6.45) is -11.7. The highest BCUT2D eigenvalue weighted by Crippen LogP contribution is 2.37. The molecule has 0 saturated carbocycles. The molecule has 0 aliphatic carbocycles. The van der Waals surface area contributed by atoms with Crippen molar-refractivity contribution in [2.24, 2.45) is 0 Å². The Morgan fingerprint density at radius 1 is 0.935 bits per heavy atom. The van der Waals surface area contributed by atoms with Gasteiger partial charge >= 0.3 is 12.3 Å². The second-order valence-corrected chi connectivity index (χ2v) is 7.25. The molecule has 0 aliphatic rings. The highest BCUT2D eigenvalue weighted by atomic mass is 35.5. The van der Waals surface area contributed by atoms with E-state index < -0.39 is 30.0 Å². The molecule has 172 valence electrons. The smallest absolute Gasteiger partial charge is 0.439 e. The molecular formula is C21H20ClF7O2. The fourth-order valence-electron chi connectivity index (χ4n) is 2.66. The van der Waals surface area contributed by atoms with E-state index in [-0.39, 0.29) is 12.2 Å². The van der Waals surface area contributed by atoms with Gasteiger partial charge < -0.3 is 9.47 Å². The third-order valence-corrected chi connectivity index (χ3v) is 4.58. The van der Waals surface area contributed by atoms with Crippen LogP contribution in [0.4, 0.5) is 30.7 Å². The Morgan fingerprint density at radius 2 is 1.58 bits per heavy atom. The molecule has 2 nitrogen and oxygen atoms in total. The molecule has 2 rings (SSSR count). The molecule has 0 aromatic heterocycles. The highest BCUT2D eigenvalue weighted by molar-refractivity contribution is 6.32. The van der Waals surface area contributed by atoms with Crippen LogP contribution < -0.4 is 9.47 Å². The SMILES string of the molecule is CCCCCc1ccc(OCc2ccc(OC(F)(F)C(F)C(F)(F)F)c(F)c2)c(Cl)c1. The summed E-state index contributed by atoms with van der Waals surface area (Å²) in [6, 6.07) is 7.74. The predicted octanol–water partition coefficient (Wildman–Crippen LogP) is 7.66. The summed E-state index contributed by atoms with van der Waals surface area (Å²) in [5, 5.41) is 0.343. The maximum absolute atomic E-state index is 14.0. The Kier molecular flexibility index (Phi) is 8.45. The zero-order valence-corrected chi connectivity index (χ0v) is 17.2. The fraction of sp³-hybridized carbons (Fsp3) is 0.429. The maximum Gasteiger partial charge on any atom is 0.439 e. The molecule has 0 saturated heterocycles. The topological polar surface area (TPSA) is 18.5 Å². The number of aryl methyl sites for hydroxylation is 1. The van der Waals surface area contributed by atoms with E-state index in [9.17, 15) is 30.7 Å². The molecule has 0 heterocycles. The predicted molar refractivity (Wildman–Crippen MR) is 102 cm³/mol. The first kappa shape index (κ1) is 25.1. The number of alkyl halides is 6. The first-order valence-corrected chi connectivity index (χ1v) is 9.79. The number of rotatable bonds is 10. The van der Waals surface area contributed by atoms with Gasteiger partial charge in [0.25, 0.3) is 6.17 Å². The lowest BCUT2D eigenvalue weighted by Crippen LogP contribution is -2.45.